The van der Waals surface area contributed by atoms with Gasteiger partial charge in [0, 0.05) is 45.8 Å². The van der Waals surface area contributed by atoms with Crippen LogP contribution in [0.3, 0.4) is 0 Å². The highest BCUT2D eigenvalue weighted by Gasteiger charge is 2.22. The SMILES string of the molecule is COc1cccc(/C=C/C(=O)N(C)CC(=O)N2CCN(C/C=C/c3ccccc3)CC2)c1. The molecule has 1 heterocycles. The molecule has 0 bridgehead atoms. The molecule has 1 fully saturated rings. The van der Waals surface area contributed by atoms with Crippen LogP contribution in [0.15, 0.2) is 66.7 Å². The summed E-state index contributed by atoms with van der Waals surface area (Å²) in [6.07, 6.45) is 7.50. The van der Waals surface area contributed by atoms with Crippen LogP contribution in [-0.2, 0) is 9.59 Å². The quantitative estimate of drug-likeness (QED) is 0.601. The summed E-state index contributed by atoms with van der Waals surface area (Å²) in [5, 5.41) is 0. The third-order valence-electron chi connectivity index (χ3n) is 5.46. The van der Waals surface area contributed by atoms with E-state index in [0.717, 1.165) is 30.9 Å². The first-order chi connectivity index (χ1) is 15.5. The van der Waals surface area contributed by atoms with Crippen molar-refractivity contribution < 1.29 is 14.3 Å². The standard InChI is InChI=1S/C26H31N3O3/c1-27(25(30)14-13-23-10-6-12-24(20-23)32-2)21-26(31)29-18-16-28(17-19-29)15-7-11-22-8-4-3-5-9-22/h3-14,20H,15-19,21H2,1-2H3/b11-7+,14-13+. The molecule has 2 aromatic rings. The second-order valence-corrected chi connectivity index (χ2v) is 7.80. The van der Waals surface area contributed by atoms with Crippen LogP contribution in [-0.4, -0.2) is 79.9 Å². The summed E-state index contributed by atoms with van der Waals surface area (Å²) in [4.78, 5) is 30.7. The molecule has 0 N–H and O–H groups in total. The molecule has 0 atom stereocenters. The summed E-state index contributed by atoms with van der Waals surface area (Å²) in [5.41, 5.74) is 2.06. The van der Waals surface area contributed by atoms with Gasteiger partial charge in [-0.2, -0.15) is 0 Å². The number of hydrogen-bond acceptors (Lipinski definition) is 4. The predicted octanol–water partition coefficient (Wildman–Crippen LogP) is 3.02. The van der Waals surface area contributed by atoms with Gasteiger partial charge in [0.2, 0.25) is 11.8 Å². The summed E-state index contributed by atoms with van der Waals surface area (Å²) in [6.45, 7) is 3.97. The van der Waals surface area contributed by atoms with Gasteiger partial charge >= 0.3 is 0 Å². The minimum Gasteiger partial charge on any atom is -0.497 e. The van der Waals surface area contributed by atoms with Gasteiger partial charge in [-0.3, -0.25) is 14.5 Å². The van der Waals surface area contributed by atoms with E-state index in [2.05, 4.69) is 29.2 Å². The molecule has 0 unspecified atom stereocenters. The fraction of sp³-hybridized carbons (Fsp3) is 0.308. The zero-order valence-electron chi connectivity index (χ0n) is 18.8. The van der Waals surface area contributed by atoms with Crippen molar-refractivity contribution in [1.29, 1.82) is 0 Å². The topological polar surface area (TPSA) is 53.1 Å². The Balaban J connectivity index is 1.41. The first-order valence-corrected chi connectivity index (χ1v) is 10.8. The number of carbonyl (C=O) groups is 2. The lowest BCUT2D eigenvalue weighted by Crippen LogP contribution is -2.51. The molecule has 1 aliphatic heterocycles. The Bertz CT molecular complexity index is 948. The number of hydrogen-bond donors (Lipinski definition) is 0. The van der Waals surface area contributed by atoms with Crippen molar-refractivity contribution in [3.63, 3.8) is 0 Å². The van der Waals surface area contributed by atoms with E-state index < -0.39 is 0 Å². The molecule has 0 spiro atoms. The van der Waals surface area contributed by atoms with Crippen LogP contribution < -0.4 is 4.74 Å². The van der Waals surface area contributed by atoms with Gasteiger partial charge in [-0.15, -0.1) is 0 Å². The van der Waals surface area contributed by atoms with Crippen LogP contribution in [0.4, 0.5) is 0 Å². The Morgan fingerprint density at radius 1 is 0.969 bits per heavy atom. The molecule has 0 saturated carbocycles. The van der Waals surface area contributed by atoms with Gasteiger partial charge in [0.25, 0.3) is 0 Å². The van der Waals surface area contributed by atoms with E-state index in [4.69, 9.17) is 4.74 Å². The smallest absolute Gasteiger partial charge is 0.246 e. The van der Waals surface area contributed by atoms with Gasteiger partial charge in [0.05, 0.1) is 13.7 Å². The van der Waals surface area contributed by atoms with Crippen LogP contribution in [0.1, 0.15) is 11.1 Å². The van der Waals surface area contributed by atoms with E-state index in [1.54, 1.807) is 20.2 Å². The molecular formula is C26H31N3O3. The second-order valence-electron chi connectivity index (χ2n) is 7.80. The lowest BCUT2D eigenvalue weighted by molar-refractivity contribution is -0.138. The summed E-state index contributed by atoms with van der Waals surface area (Å²) >= 11 is 0. The average Bonchev–Trinajstić information content (AvgIpc) is 2.83. The Hall–Kier alpha value is -3.38. The van der Waals surface area contributed by atoms with Crippen molar-refractivity contribution >= 4 is 24.0 Å². The normalized spacial score (nSPS) is 14.8. The maximum absolute atomic E-state index is 12.6. The summed E-state index contributed by atoms with van der Waals surface area (Å²) in [6, 6.07) is 17.7. The molecule has 6 heteroatoms. The number of amides is 2. The van der Waals surface area contributed by atoms with Crippen molar-refractivity contribution in [2.75, 3.05) is 53.4 Å². The number of nitrogens with zero attached hydrogens (tertiary/aromatic N) is 3. The van der Waals surface area contributed by atoms with Crippen LogP contribution >= 0.6 is 0 Å². The van der Waals surface area contributed by atoms with Crippen molar-refractivity contribution in [3.05, 3.63) is 77.9 Å². The first kappa shape index (κ1) is 23.3. The molecule has 32 heavy (non-hydrogen) atoms. The van der Waals surface area contributed by atoms with Gasteiger partial charge in [-0.1, -0.05) is 54.6 Å². The number of methoxy groups -OCH3 is 1. The van der Waals surface area contributed by atoms with Gasteiger partial charge in [-0.25, -0.2) is 0 Å². The van der Waals surface area contributed by atoms with E-state index in [1.165, 1.54) is 16.5 Å². The maximum Gasteiger partial charge on any atom is 0.246 e. The van der Waals surface area contributed by atoms with Gasteiger partial charge < -0.3 is 14.5 Å². The summed E-state index contributed by atoms with van der Waals surface area (Å²) in [5.74, 6) is 0.513. The fourth-order valence-corrected chi connectivity index (χ4v) is 3.50. The summed E-state index contributed by atoms with van der Waals surface area (Å²) < 4.78 is 5.19. The highest BCUT2D eigenvalue weighted by Crippen LogP contribution is 2.13. The van der Waals surface area contributed by atoms with Crippen LogP contribution in [0, 0.1) is 0 Å². The van der Waals surface area contributed by atoms with Crippen LogP contribution in [0.2, 0.25) is 0 Å². The maximum atomic E-state index is 12.6. The molecule has 1 aliphatic rings. The van der Waals surface area contributed by atoms with E-state index in [1.807, 2.05) is 47.4 Å². The largest absolute Gasteiger partial charge is 0.497 e. The fourth-order valence-electron chi connectivity index (χ4n) is 3.50. The van der Waals surface area contributed by atoms with Crippen LogP contribution in [0.25, 0.3) is 12.2 Å². The average molecular weight is 434 g/mol. The zero-order valence-corrected chi connectivity index (χ0v) is 18.8. The highest BCUT2D eigenvalue weighted by atomic mass is 16.5. The summed E-state index contributed by atoms with van der Waals surface area (Å²) in [7, 11) is 3.26. The molecular weight excluding hydrogens is 402 g/mol. The van der Waals surface area contributed by atoms with Gasteiger partial charge in [-0.05, 0) is 29.3 Å². The highest BCUT2D eigenvalue weighted by molar-refractivity contribution is 5.94. The molecule has 0 aromatic heterocycles. The molecule has 0 radical (unpaired) electrons. The number of ether oxygens (including phenoxy) is 1. The Morgan fingerprint density at radius 3 is 2.41 bits per heavy atom. The molecule has 0 aliphatic carbocycles. The van der Waals surface area contributed by atoms with Crippen molar-refractivity contribution in [3.8, 4) is 5.75 Å². The molecule has 3 rings (SSSR count). The predicted molar refractivity (Wildman–Crippen MR) is 128 cm³/mol. The Kier molecular flexibility index (Phi) is 8.63. The molecule has 6 nitrogen and oxygen atoms in total. The number of piperazine rings is 1. The number of carbonyl (C=O) groups excluding carboxylic acids is 2. The van der Waals surface area contributed by atoms with Gasteiger partial charge in [0.15, 0.2) is 0 Å². The van der Waals surface area contributed by atoms with Crippen molar-refractivity contribution in [2.45, 2.75) is 0 Å². The minimum atomic E-state index is -0.203. The molecule has 1 saturated heterocycles. The van der Waals surface area contributed by atoms with E-state index >= 15 is 0 Å². The second kappa shape index (κ2) is 11.9. The molecule has 2 aromatic carbocycles. The van der Waals surface area contributed by atoms with Crippen molar-refractivity contribution in [1.82, 2.24) is 14.7 Å². The van der Waals surface area contributed by atoms with E-state index in [9.17, 15) is 9.59 Å². The molecule has 2 amide bonds. The zero-order chi connectivity index (χ0) is 22.8. The monoisotopic (exact) mass is 433 g/mol. The van der Waals surface area contributed by atoms with E-state index in [-0.39, 0.29) is 18.4 Å². The minimum absolute atomic E-state index is 0.0184. The van der Waals surface area contributed by atoms with Crippen molar-refractivity contribution in [2.24, 2.45) is 0 Å². The third-order valence-corrected chi connectivity index (χ3v) is 5.46. The number of benzene rings is 2. The lowest BCUT2D eigenvalue weighted by atomic mass is 10.2. The van der Waals surface area contributed by atoms with E-state index in [0.29, 0.717) is 13.1 Å². The molecule has 168 valence electrons. The van der Waals surface area contributed by atoms with Crippen LogP contribution in [0.5, 0.6) is 5.75 Å². The lowest BCUT2D eigenvalue weighted by Gasteiger charge is -2.34. The Morgan fingerprint density at radius 2 is 1.69 bits per heavy atom. The van der Waals surface area contributed by atoms with Gasteiger partial charge in [0.1, 0.15) is 5.75 Å². The Labute approximate surface area is 190 Å². The number of rotatable bonds is 8. The third kappa shape index (κ3) is 7.10. The first-order valence-electron chi connectivity index (χ1n) is 10.8. The number of likely N-dealkylation sites (N-methyl/N-ethyl adjacent to an activating group) is 1.